The van der Waals surface area contributed by atoms with Gasteiger partial charge in [0.05, 0.1) is 5.60 Å². The third kappa shape index (κ3) is 4.05. The Morgan fingerprint density at radius 3 is 2.71 bits per heavy atom. The van der Waals surface area contributed by atoms with Crippen LogP contribution in [0.2, 0.25) is 0 Å². The van der Waals surface area contributed by atoms with Gasteiger partial charge in [0.25, 0.3) is 0 Å². The van der Waals surface area contributed by atoms with E-state index < -0.39 is 0 Å². The monoisotopic (exact) mass is 357 g/mol. The molecule has 1 aliphatic carbocycles. The van der Waals surface area contributed by atoms with Gasteiger partial charge in [-0.2, -0.15) is 0 Å². The molecule has 0 aliphatic heterocycles. The second-order valence-corrected chi connectivity index (χ2v) is 6.78. The van der Waals surface area contributed by atoms with Crippen molar-refractivity contribution in [3.05, 3.63) is 34.1 Å². The number of rotatable bonds is 7. The van der Waals surface area contributed by atoms with Gasteiger partial charge in [0.15, 0.2) is 0 Å². The molecule has 118 valence electrons. The Kier molecular flexibility index (Phi) is 6.20. The molecule has 0 amide bonds. The van der Waals surface area contributed by atoms with Crippen LogP contribution in [0.4, 0.5) is 4.39 Å². The largest absolute Gasteiger partial charge is 0.377 e. The molecule has 1 aromatic rings. The van der Waals surface area contributed by atoms with E-state index in [-0.39, 0.29) is 17.5 Å². The van der Waals surface area contributed by atoms with Crippen LogP contribution in [-0.2, 0) is 11.2 Å². The third-order valence-electron chi connectivity index (χ3n) is 4.56. The van der Waals surface area contributed by atoms with Gasteiger partial charge >= 0.3 is 0 Å². The number of hydrogen-bond acceptors (Lipinski definition) is 2. The fourth-order valence-electron chi connectivity index (χ4n) is 3.35. The standard InChI is InChI=1S/C17H25BrFNO/c1-3-10-20-16(17(21-2)8-4-5-9-17)12-13-11-14(19)6-7-15(13)18/h6-7,11,16,20H,3-5,8-10,12H2,1-2H3. The van der Waals surface area contributed by atoms with E-state index in [2.05, 4.69) is 28.2 Å². The van der Waals surface area contributed by atoms with Gasteiger partial charge < -0.3 is 10.1 Å². The van der Waals surface area contributed by atoms with Gasteiger partial charge in [0, 0.05) is 17.6 Å². The van der Waals surface area contributed by atoms with Crippen molar-refractivity contribution in [3.8, 4) is 0 Å². The Hall–Kier alpha value is -0.450. The van der Waals surface area contributed by atoms with Crippen LogP contribution in [0, 0.1) is 5.82 Å². The molecule has 0 saturated heterocycles. The van der Waals surface area contributed by atoms with Gasteiger partial charge in [-0.1, -0.05) is 35.7 Å². The Morgan fingerprint density at radius 2 is 2.10 bits per heavy atom. The molecule has 2 rings (SSSR count). The summed E-state index contributed by atoms with van der Waals surface area (Å²) >= 11 is 3.54. The van der Waals surface area contributed by atoms with Crippen LogP contribution in [0.3, 0.4) is 0 Å². The van der Waals surface area contributed by atoms with Crippen molar-refractivity contribution < 1.29 is 9.13 Å². The van der Waals surface area contributed by atoms with Crippen molar-refractivity contribution >= 4 is 15.9 Å². The first-order valence-electron chi connectivity index (χ1n) is 7.84. The second kappa shape index (κ2) is 7.70. The smallest absolute Gasteiger partial charge is 0.123 e. The molecular weight excluding hydrogens is 333 g/mol. The average Bonchev–Trinajstić information content (AvgIpc) is 2.97. The highest BCUT2D eigenvalue weighted by molar-refractivity contribution is 9.10. The lowest BCUT2D eigenvalue weighted by molar-refractivity contribution is -0.0355. The minimum atomic E-state index is -0.180. The van der Waals surface area contributed by atoms with Crippen LogP contribution in [0.25, 0.3) is 0 Å². The molecule has 1 atom stereocenters. The van der Waals surface area contributed by atoms with E-state index in [0.717, 1.165) is 42.3 Å². The molecule has 0 bridgehead atoms. The number of benzene rings is 1. The molecule has 0 spiro atoms. The molecule has 21 heavy (non-hydrogen) atoms. The molecule has 4 heteroatoms. The highest BCUT2D eigenvalue weighted by Crippen LogP contribution is 2.37. The summed E-state index contributed by atoms with van der Waals surface area (Å²) in [5, 5.41) is 3.63. The second-order valence-electron chi connectivity index (χ2n) is 5.92. The number of ether oxygens (including phenoxy) is 1. The lowest BCUT2D eigenvalue weighted by atomic mass is 9.87. The Balaban J connectivity index is 2.21. The lowest BCUT2D eigenvalue weighted by Crippen LogP contribution is -2.52. The summed E-state index contributed by atoms with van der Waals surface area (Å²) in [6, 6.07) is 5.13. The minimum Gasteiger partial charge on any atom is -0.377 e. The molecule has 1 unspecified atom stereocenters. The summed E-state index contributed by atoms with van der Waals surface area (Å²) in [7, 11) is 1.81. The summed E-state index contributed by atoms with van der Waals surface area (Å²) in [5.41, 5.74) is 0.896. The van der Waals surface area contributed by atoms with E-state index in [1.807, 2.05) is 7.11 Å². The molecule has 2 nitrogen and oxygen atoms in total. The molecule has 1 N–H and O–H groups in total. The first-order valence-corrected chi connectivity index (χ1v) is 8.63. The highest BCUT2D eigenvalue weighted by atomic mass is 79.9. The predicted octanol–water partition coefficient (Wildman–Crippen LogP) is 4.46. The zero-order chi connectivity index (χ0) is 15.3. The fraction of sp³-hybridized carbons (Fsp3) is 0.647. The summed E-state index contributed by atoms with van der Waals surface area (Å²) < 4.78 is 20.4. The third-order valence-corrected chi connectivity index (χ3v) is 5.34. The highest BCUT2D eigenvalue weighted by Gasteiger charge is 2.41. The SMILES string of the molecule is CCCNC(Cc1cc(F)ccc1Br)C1(OC)CCCC1. The van der Waals surface area contributed by atoms with Gasteiger partial charge in [0.1, 0.15) is 5.82 Å². The first kappa shape index (κ1) is 16.9. The average molecular weight is 358 g/mol. The van der Waals surface area contributed by atoms with Gasteiger partial charge in [0.2, 0.25) is 0 Å². The number of nitrogens with one attached hydrogen (secondary N) is 1. The molecule has 0 aromatic heterocycles. The van der Waals surface area contributed by atoms with E-state index in [9.17, 15) is 4.39 Å². The molecule has 1 saturated carbocycles. The van der Waals surface area contributed by atoms with Crippen LogP contribution in [0.5, 0.6) is 0 Å². The topological polar surface area (TPSA) is 21.3 Å². The van der Waals surface area contributed by atoms with Crippen LogP contribution in [0.1, 0.15) is 44.6 Å². The summed E-state index contributed by atoms with van der Waals surface area (Å²) in [4.78, 5) is 0. The van der Waals surface area contributed by atoms with Crippen molar-refractivity contribution in [2.75, 3.05) is 13.7 Å². The van der Waals surface area contributed by atoms with E-state index in [4.69, 9.17) is 4.74 Å². The van der Waals surface area contributed by atoms with E-state index in [0.29, 0.717) is 0 Å². The fourth-order valence-corrected chi connectivity index (χ4v) is 3.76. The number of methoxy groups -OCH3 is 1. The van der Waals surface area contributed by atoms with Gasteiger partial charge in [-0.3, -0.25) is 0 Å². The number of hydrogen-bond donors (Lipinski definition) is 1. The quantitative estimate of drug-likeness (QED) is 0.777. The zero-order valence-corrected chi connectivity index (χ0v) is 14.5. The maximum atomic E-state index is 13.5. The Labute approximate surface area is 135 Å². The molecule has 0 heterocycles. The van der Waals surface area contributed by atoms with Crippen molar-refractivity contribution in [3.63, 3.8) is 0 Å². The Bertz CT molecular complexity index is 460. The van der Waals surface area contributed by atoms with Crippen LogP contribution >= 0.6 is 15.9 Å². The van der Waals surface area contributed by atoms with Crippen LogP contribution in [0.15, 0.2) is 22.7 Å². The van der Waals surface area contributed by atoms with Crippen LogP contribution < -0.4 is 5.32 Å². The maximum absolute atomic E-state index is 13.5. The van der Waals surface area contributed by atoms with E-state index >= 15 is 0 Å². The van der Waals surface area contributed by atoms with Crippen molar-refractivity contribution in [2.45, 2.75) is 57.1 Å². The van der Waals surface area contributed by atoms with Gasteiger partial charge in [-0.15, -0.1) is 0 Å². The van der Waals surface area contributed by atoms with Crippen molar-refractivity contribution in [2.24, 2.45) is 0 Å². The van der Waals surface area contributed by atoms with Crippen molar-refractivity contribution in [1.29, 1.82) is 0 Å². The normalized spacial score (nSPS) is 18.9. The Morgan fingerprint density at radius 1 is 1.38 bits per heavy atom. The summed E-state index contributed by atoms with van der Waals surface area (Å²) in [6.07, 6.45) is 6.45. The molecule has 0 radical (unpaired) electrons. The molecule has 1 fully saturated rings. The zero-order valence-electron chi connectivity index (χ0n) is 12.9. The number of halogens is 2. The van der Waals surface area contributed by atoms with Gasteiger partial charge in [-0.05, 0) is 56.0 Å². The predicted molar refractivity (Wildman–Crippen MR) is 88.1 cm³/mol. The molecular formula is C17H25BrFNO. The lowest BCUT2D eigenvalue weighted by Gasteiger charge is -2.37. The molecule has 1 aromatic carbocycles. The van der Waals surface area contributed by atoms with E-state index in [1.165, 1.54) is 18.9 Å². The maximum Gasteiger partial charge on any atom is 0.123 e. The summed E-state index contributed by atoms with van der Waals surface area (Å²) in [6.45, 7) is 3.12. The van der Waals surface area contributed by atoms with Crippen molar-refractivity contribution in [1.82, 2.24) is 5.32 Å². The van der Waals surface area contributed by atoms with Gasteiger partial charge in [-0.25, -0.2) is 4.39 Å². The first-order chi connectivity index (χ1) is 10.1. The minimum absolute atomic E-state index is 0.110. The van der Waals surface area contributed by atoms with Crippen LogP contribution in [-0.4, -0.2) is 25.3 Å². The molecule has 1 aliphatic rings. The van der Waals surface area contributed by atoms with E-state index in [1.54, 1.807) is 12.1 Å². The summed E-state index contributed by atoms with van der Waals surface area (Å²) in [5.74, 6) is -0.180.